The van der Waals surface area contributed by atoms with Crippen LogP contribution in [0.3, 0.4) is 0 Å². The Labute approximate surface area is 244 Å². The predicted molar refractivity (Wildman–Crippen MR) is 176 cm³/mol. The lowest BCUT2D eigenvalue weighted by molar-refractivity contribution is 1.19. The summed E-state index contributed by atoms with van der Waals surface area (Å²) in [4.78, 5) is 10.6. The van der Waals surface area contributed by atoms with Crippen LogP contribution in [0, 0.1) is 0 Å². The number of hydrogen-bond donors (Lipinski definition) is 0. The van der Waals surface area contributed by atoms with Gasteiger partial charge in [-0.3, -0.25) is 0 Å². The molecule has 0 saturated heterocycles. The van der Waals surface area contributed by atoms with Crippen molar-refractivity contribution in [3.05, 3.63) is 158 Å². The summed E-state index contributed by atoms with van der Waals surface area (Å²) in [6.07, 6.45) is 0. The third-order valence-electron chi connectivity index (χ3n) is 8.08. The Kier molecular flexibility index (Phi) is 5.82. The van der Waals surface area contributed by atoms with Crippen molar-refractivity contribution in [2.45, 2.75) is 0 Å². The Morgan fingerprint density at radius 3 is 1.71 bits per heavy atom. The Hall–Kier alpha value is -5.60. The molecule has 0 aliphatic carbocycles. The third-order valence-corrected chi connectivity index (χ3v) is 8.08. The van der Waals surface area contributed by atoms with Crippen molar-refractivity contribution in [1.82, 2.24) is 9.97 Å². The van der Waals surface area contributed by atoms with Crippen LogP contribution < -0.4 is 0 Å². The van der Waals surface area contributed by atoms with Gasteiger partial charge >= 0.3 is 0 Å². The van der Waals surface area contributed by atoms with Crippen molar-refractivity contribution < 1.29 is 0 Å². The molecule has 0 unspecified atom stereocenters. The fourth-order valence-corrected chi connectivity index (χ4v) is 6.09. The first-order valence-electron chi connectivity index (χ1n) is 14.3. The maximum Gasteiger partial charge on any atom is 0.161 e. The van der Waals surface area contributed by atoms with Crippen LogP contribution in [0.2, 0.25) is 0 Å². The van der Waals surface area contributed by atoms with Crippen LogP contribution in [-0.4, -0.2) is 9.97 Å². The number of hydrogen-bond acceptors (Lipinski definition) is 2. The number of benzene rings is 7. The summed E-state index contributed by atoms with van der Waals surface area (Å²) in [5.74, 6) is 0.728. The maximum atomic E-state index is 5.35. The van der Waals surface area contributed by atoms with Crippen molar-refractivity contribution in [2.75, 3.05) is 0 Å². The highest BCUT2D eigenvalue weighted by Crippen LogP contribution is 2.40. The number of aromatic nitrogens is 2. The van der Waals surface area contributed by atoms with Crippen molar-refractivity contribution in [1.29, 1.82) is 0 Å². The van der Waals surface area contributed by atoms with Crippen molar-refractivity contribution >= 4 is 32.3 Å². The molecule has 0 fully saturated rings. The standard InChI is InChI=1S/C40H26N2/c1-3-13-27(14-4-1)31-19-11-12-22-34(31)38-26-37(29-16-5-2-6-17-29)41-40(42-38)39-33-21-10-8-18-30(33)25-36-32-20-9-7-15-28(32)23-24-35(36)39/h1-26H. The Morgan fingerprint density at radius 1 is 0.333 bits per heavy atom. The highest BCUT2D eigenvalue weighted by molar-refractivity contribution is 6.19. The molecule has 196 valence electrons. The van der Waals surface area contributed by atoms with Crippen molar-refractivity contribution in [2.24, 2.45) is 0 Å². The van der Waals surface area contributed by atoms with E-state index in [0.717, 1.165) is 55.8 Å². The first-order valence-corrected chi connectivity index (χ1v) is 14.3. The second-order valence-electron chi connectivity index (χ2n) is 10.6. The van der Waals surface area contributed by atoms with E-state index in [2.05, 4.69) is 152 Å². The van der Waals surface area contributed by atoms with E-state index < -0.39 is 0 Å². The van der Waals surface area contributed by atoms with Gasteiger partial charge in [-0.15, -0.1) is 0 Å². The van der Waals surface area contributed by atoms with E-state index in [1.54, 1.807) is 0 Å². The number of fused-ring (bicyclic) bond motifs is 4. The molecule has 1 aromatic heterocycles. The second kappa shape index (κ2) is 10.1. The van der Waals surface area contributed by atoms with Crippen LogP contribution >= 0.6 is 0 Å². The molecule has 42 heavy (non-hydrogen) atoms. The van der Waals surface area contributed by atoms with Crippen molar-refractivity contribution in [3.63, 3.8) is 0 Å². The zero-order chi connectivity index (χ0) is 27.9. The Bertz CT molecular complexity index is 2240. The smallest absolute Gasteiger partial charge is 0.161 e. The summed E-state index contributed by atoms with van der Waals surface area (Å²) >= 11 is 0. The van der Waals surface area contributed by atoms with Crippen molar-refractivity contribution in [3.8, 4) is 45.0 Å². The lowest BCUT2D eigenvalue weighted by atomic mass is 9.92. The predicted octanol–water partition coefficient (Wildman–Crippen LogP) is 10.6. The lowest BCUT2D eigenvalue weighted by Gasteiger charge is -2.16. The zero-order valence-electron chi connectivity index (χ0n) is 22.9. The molecular weight excluding hydrogens is 508 g/mol. The summed E-state index contributed by atoms with van der Waals surface area (Å²) in [7, 11) is 0. The largest absolute Gasteiger partial charge is 0.228 e. The van der Waals surface area contributed by atoms with Crippen LogP contribution in [-0.2, 0) is 0 Å². The summed E-state index contributed by atoms with van der Waals surface area (Å²) < 4.78 is 0. The summed E-state index contributed by atoms with van der Waals surface area (Å²) in [6, 6.07) is 55.5. The number of nitrogens with zero attached hydrogens (tertiary/aromatic N) is 2. The van der Waals surface area contributed by atoms with E-state index in [1.165, 1.54) is 21.5 Å². The normalized spacial score (nSPS) is 11.3. The van der Waals surface area contributed by atoms with Gasteiger partial charge < -0.3 is 0 Å². The molecule has 0 saturated carbocycles. The van der Waals surface area contributed by atoms with Gasteiger partial charge in [-0.25, -0.2) is 9.97 Å². The van der Waals surface area contributed by atoms with E-state index in [4.69, 9.17) is 9.97 Å². The van der Waals surface area contributed by atoms with Gasteiger partial charge in [0.05, 0.1) is 11.4 Å². The second-order valence-corrected chi connectivity index (χ2v) is 10.6. The van der Waals surface area contributed by atoms with E-state index >= 15 is 0 Å². The zero-order valence-corrected chi connectivity index (χ0v) is 22.9. The van der Waals surface area contributed by atoms with Gasteiger partial charge in [0, 0.05) is 16.7 Å². The molecular formula is C40H26N2. The van der Waals surface area contributed by atoms with Crippen LogP contribution in [0.1, 0.15) is 0 Å². The first kappa shape index (κ1) is 24.2. The quantitative estimate of drug-likeness (QED) is 0.166. The van der Waals surface area contributed by atoms with Gasteiger partial charge in [-0.1, -0.05) is 146 Å². The van der Waals surface area contributed by atoms with E-state index in [9.17, 15) is 0 Å². The highest BCUT2D eigenvalue weighted by atomic mass is 14.9. The fourth-order valence-electron chi connectivity index (χ4n) is 6.09. The molecule has 0 radical (unpaired) electrons. The minimum Gasteiger partial charge on any atom is -0.228 e. The molecule has 0 bridgehead atoms. The van der Waals surface area contributed by atoms with Gasteiger partial charge in [0.2, 0.25) is 0 Å². The van der Waals surface area contributed by atoms with Gasteiger partial charge in [-0.05, 0) is 55.6 Å². The molecule has 0 atom stereocenters. The molecule has 8 rings (SSSR count). The average Bonchev–Trinajstić information content (AvgIpc) is 3.07. The molecule has 2 heteroatoms. The molecule has 0 aliphatic rings. The molecule has 8 aromatic rings. The van der Waals surface area contributed by atoms with Gasteiger partial charge in [0.25, 0.3) is 0 Å². The lowest BCUT2D eigenvalue weighted by Crippen LogP contribution is -1.98. The molecule has 2 nitrogen and oxygen atoms in total. The summed E-state index contributed by atoms with van der Waals surface area (Å²) in [5.41, 5.74) is 7.33. The summed E-state index contributed by atoms with van der Waals surface area (Å²) in [5, 5.41) is 7.14. The third kappa shape index (κ3) is 4.13. The highest BCUT2D eigenvalue weighted by Gasteiger charge is 2.18. The van der Waals surface area contributed by atoms with Crippen LogP contribution in [0.25, 0.3) is 77.3 Å². The van der Waals surface area contributed by atoms with Gasteiger partial charge in [0.15, 0.2) is 5.82 Å². The maximum absolute atomic E-state index is 5.35. The van der Waals surface area contributed by atoms with Gasteiger partial charge in [0.1, 0.15) is 0 Å². The molecule has 7 aromatic carbocycles. The molecule has 0 amide bonds. The molecule has 0 spiro atoms. The topological polar surface area (TPSA) is 25.8 Å². The average molecular weight is 535 g/mol. The Balaban J connectivity index is 1.48. The first-order chi connectivity index (χ1) is 20.8. The fraction of sp³-hybridized carbons (Fsp3) is 0. The minimum atomic E-state index is 0.728. The molecule has 0 aliphatic heterocycles. The monoisotopic (exact) mass is 534 g/mol. The molecule has 0 N–H and O–H groups in total. The van der Waals surface area contributed by atoms with E-state index in [0.29, 0.717) is 0 Å². The Morgan fingerprint density at radius 2 is 0.929 bits per heavy atom. The minimum absolute atomic E-state index is 0.728. The van der Waals surface area contributed by atoms with Gasteiger partial charge in [-0.2, -0.15) is 0 Å². The van der Waals surface area contributed by atoms with Crippen LogP contribution in [0.15, 0.2) is 158 Å². The molecule has 1 heterocycles. The summed E-state index contributed by atoms with van der Waals surface area (Å²) in [6.45, 7) is 0. The van der Waals surface area contributed by atoms with Crippen LogP contribution in [0.4, 0.5) is 0 Å². The SMILES string of the molecule is c1ccc(-c2cc(-c3ccccc3-c3ccccc3)nc(-c3c4ccccc4cc4c3ccc3ccccc34)n2)cc1. The van der Waals surface area contributed by atoms with E-state index in [1.807, 2.05) is 6.07 Å². The van der Waals surface area contributed by atoms with Crippen LogP contribution in [0.5, 0.6) is 0 Å². The number of rotatable bonds is 4. The van der Waals surface area contributed by atoms with E-state index in [-0.39, 0.29) is 0 Å².